The fraction of sp³-hybridized carbons (Fsp3) is 0.417. The number of nitrogens with zero attached hydrogens (tertiary/aromatic N) is 1. The van der Waals surface area contributed by atoms with Gasteiger partial charge >= 0.3 is 5.97 Å². The van der Waals surface area contributed by atoms with Gasteiger partial charge in [0, 0.05) is 20.2 Å². The van der Waals surface area contributed by atoms with Gasteiger partial charge in [0.05, 0.1) is 23.4 Å². The second-order valence-corrected chi connectivity index (χ2v) is 4.06. The average molecular weight is 258 g/mol. The van der Waals surface area contributed by atoms with Crippen molar-refractivity contribution in [2.24, 2.45) is 0 Å². The van der Waals surface area contributed by atoms with Crippen LogP contribution in [0.15, 0.2) is 18.2 Å². The van der Waals surface area contributed by atoms with Crippen molar-refractivity contribution in [3.05, 3.63) is 28.8 Å². The quantitative estimate of drug-likeness (QED) is 0.819. The Balaban J connectivity index is 2.93. The number of esters is 1. The lowest BCUT2D eigenvalue weighted by Gasteiger charge is -2.20. The highest BCUT2D eigenvalue weighted by Gasteiger charge is 2.11. The highest BCUT2D eigenvalue weighted by atomic mass is 35.5. The highest BCUT2D eigenvalue weighted by Crippen LogP contribution is 2.26. The van der Waals surface area contributed by atoms with Crippen molar-refractivity contribution >= 4 is 23.3 Å². The van der Waals surface area contributed by atoms with Crippen LogP contribution in [0.2, 0.25) is 5.02 Å². The lowest BCUT2D eigenvalue weighted by atomic mass is 10.2. The first-order valence-corrected chi connectivity index (χ1v) is 5.67. The summed E-state index contributed by atoms with van der Waals surface area (Å²) in [6.45, 7) is 0.791. The molecular formula is C12H16ClNO3. The van der Waals surface area contributed by atoms with Gasteiger partial charge < -0.3 is 14.7 Å². The van der Waals surface area contributed by atoms with Crippen LogP contribution in [0.5, 0.6) is 0 Å². The van der Waals surface area contributed by atoms with Crippen molar-refractivity contribution in [3.8, 4) is 0 Å². The number of benzene rings is 1. The van der Waals surface area contributed by atoms with E-state index in [0.29, 0.717) is 23.6 Å². The first-order valence-electron chi connectivity index (χ1n) is 5.30. The monoisotopic (exact) mass is 257 g/mol. The topological polar surface area (TPSA) is 49.8 Å². The molecule has 0 aromatic heterocycles. The van der Waals surface area contributed by atoms with Crippen LogP contribution in [-0.4, -0.2) is 38.4 Å². The third-order valence-corrected chi connectivity index (χ3v) is 2.75. The predicted molar refractivity (Wildman–Crippen MR) is 67.8 cm³/mol. The minimum atomic E-state index is -0.390. The van der Waals surface area contributed by atoms with Crippen LogP contribution in [0.1, 0.15) is 16.8 Å². The van der Waals surface area contributed by atoms with Gasteiger partial charge in [-0.05, 0) is 24.6 Å². The van der Waals surface area contributed by atoms with Crippen LogP contribution >= 0.6 is 11.6 Å². The molecule has 17 heavy (non-hydrogen) atoms. The summed E-state index contributed by atoms with van der Waals surface area (Å²) >= 11 is 6.06. The van der Waals surface area contributed by atoms with Crippen molar-refractivity contribution in [2.45, 2.75) is 6.42 Å². The number of halogens is 1. The van der Waals surface area contributed by atoms with Crippen LogP contribution < -0.4 is 4.90 Å². The van der Waals surface area contributed by atoms with Gasteiger partial charge in [-0.2, -0.15) is 0 Å². The second-order valence-electron chi connectivity index (χ2n) is 3.66. The standard InChI is InChI=1S/C12H16ClNO3/c1-14(6-3-7-15)11-8-9(12(16)17-2)4-5-10(11)13/h4-5,8,15H,3,6-7H2,1-2H3. The van der Waals surface area contributed by atoms with Gasteiger partial charge in [-0.1, -0.05) is 11.6 Å². The Hall–Kier alpha value is -1.26. The van der Waals surface area contributed by atoms with E-state index < -0.39 is 5.97 Å². The average Bonchev–Trinajstić information content (AvgIpc) is 2.35. The summed E-state index contributed by atoms with van der Waals surface area (Å²) in [4.78, 5) is 13.3. The Morgan fingerprint density at radius 3 is 2.82 bits per heavy atom. The first-order chi connectivity index (χ1) is 8.10. The second kappa shape index (κ2) is 6.47. The largest absolute Gasteiger partial charge is 0.465 e. The number of carbonyl (C=O) groups excluding carboxylic acids is 1. The van der Waals surface area contributed by atoms with Crippen LogP contribution in [0, 0.1) is 0 Å². The number of anilines is 1. The molecule has 0 amide bonds. The summed E-state index contributed by atoms with van der Waals surface area (Å²) in [6.07, 6.45) is 0.648. The fourth-order valence-corrected chi connectivity index (χ4v) is 1.74. The predicted octanol–water partition coefficient (Wildman–Crippen LogP) is 1.95. The molecule has 0 atom stereocenters. The number of aliphatic hydroxyl groups excluding tert-OH is 1. The lowest BCUT2D eigenvalue weighted by molar-refractivity contribution is 0.0601. The Labute approximate surface area is 106 Å². The molecule has 0 unspecified atom stereocenters. The Morgan fingerprint density at radius 2 is 2.24 bits per heavy atom. The van der Waals surface area contributed by atoms with E-state index in [4.69, 9.17) is 16.7 Å². The van der Waals surface area contributed by atoms with Crippen LogP contribution in [0.25, 0.3) is 0 Å². The number of hydrogen-bond acceptors (Lipinski definition) is 4. The van der Waals surface area contributed by atoms with Gasteiger partial charge in [-0.3, -0.25) is 0 Å². The smallest absolute Gasteiger partial charge is 0.337 e. The molecule has 1 N–H and O–H groups in total. The van der Waals surface area contributed by atoms with Gasteiger partial charge in [0.2, 0.25) is 0 Å². The van der Waals surface area contributed by atoms with Crippen LogP contribution in [0.3, 0.4) is 0 Å². The normalized spacial score (nSPS) is 10.1. The van der Waals surface area contributed by atoms with Crippen molar-refractivity contribution < 1.29 is 14.6 Å². The molecule has 1 aromatic carbocycles. The maximum Gasteiger partial charge on any atom is 0.337 e. The van der Waals surface area contributed by atoms with Gasteiger partial charge in [-0.25, -0.2) is 4.79 Å². The summed E-state index contributed by atoms with van der Waals surface area (Å²) in [5.74, 6) is -0.390. The lowest BCUT2D eigenvalue weighted by Crippen LogP contribution is -2.20. The van der Waals surface area contributed by atoms with E-state index in [-0.39, 0.29) is 6.61 Å². The van der Waals surface area contributed by atoms with Crippen molar-refractivity contribution in [1.82, 2.24) is 0 Å². The molecule has 0 saturated carbocycles. The van der Waals surface area contributed by atoms with E-state index in [0.717, 1.165) is 5.69 Å². The Kier molecular flexibility index (Phi) is 5.25. The zero-order valence-electron chi connectivity index (χ0n) is 9.94. The molecule has 0 aliphatic heterocycles. The summed E-state index contributed by atoms with van der Waals surface area (Å²) in [6, 6.07) is 4.97. The molecule has 1 aromatic rings. The first kappa shape index (κ1) is 13.8. The maximum atomic E-state index is 11.4. The highest BCUT2D eigenvalue weighted by molar-refractivity contribution is 6.33. The number of rotatable bonds is 5. The molecule has 0 aliphatic rings. The third kappa shape index (κ3) is 3.61. The minimum absolute atomic E-state index is 0.124. The fourth-order valence-electron chi connectivity index (χ4n) is 1.48. The zero-order valence-corrected chi connectivity index (χ0v) is 10.7. The molecule has 0 bridgehead atoms. The number of methoxy groups -OCH3 is 1. The molecule has 4 nitrogen and oxygen atoms in total. The van der Waals surface area contributed by atoms with E-state index in [1.54, 1.807) is 18.2 Å². The Morgan fingerprint density at radius 1 is 1.53 bits per heavy atom. The molecule has 0 radical (unpaired) electrons. The van der Waals surface area contributed by atoms with Crippen molar-refractivity contribution in [1.29, 1.82) is 0 Å². The maximum absolute atomic E-state index is 11.4. The Bertz CT molecular complexity index is 395. The molecule has 0 saturated heterocycles. The van der Waals surface area contributed by atoms with E-state index in [1.807, 2.05) is 11.9 Å². The van der Waals surface area contributed by atoms with E-state index in [1.165, 1.54) is 7.11 Å². The number of hydrogen-bond donors (Lipinski definition) is 1. The third-order valence-electron chi connectivity index (χ3n) is 2.43. The molecular weight excluding hydrogens is 242 g/mol. The van der Waals surface area contributed by atoms with Crippen LogP contribution in [0.4, 0.5) is 5.69 Å². The minimum Gasteiger partial charge on any atom is -0.465 e. The SMILES string of the molecule is COC(=O)c1ccc(Cl)c(N(C)CCCO)c1. The van der Waals surface area contributed by atoms with Gasteiger partial charge in [-0.15, -0.1) is 0 Å². The summed E-state index contributed by atoms with van der Waals surface area (Å²) < 4.78 is 4.65. The van der Waals surface area contributed by atoms with E-state index in [2.05, 4.69) is 4.74 Å². The van der Waals surface area contributed by atoms with Gasteiger partial charge in [0.15, 0.2) is 0 Å². The number of ether oxygens (including phenoxy) is 1. The molecule has 94 valence electrons. The van der Waals surface area contributed by atoms with E-state index >= 15 is 0 Å². The van der Waals surface area contributed by atoms with Gasteiger partial charge in [0.1, 0.15) is 0 Å². The van der Waals surface area contributed by atoms with Crippen molar-refractivity contribution in [3.63, 3.8) is 0 Å². The molecule has 1 rings (SSSR count). The summed E-state index contributed by atoms with van der Waals surface area (Å²) in [5, 5.41) is 9.35. The molecule has 0 heterocycles. The molecule has 5 heteroatoms. The van der Waals surface area contributed by atoms with Crippen molar-refractivity contribution in [2.75, 3.05) is 32.2 Å². The number of carbonyl (C=O) groups is 1. The zero-order chi connectivity index (χ0) is 12.8. The molecule has 0 aliphatic carbocycles. The molecule has 0 spiro atoms. The summed E-state index contributed by atoms with van der Waals surface area (Å²) in [7, 11) is 3.20. The van der Waals surface area contributed by atoms with E-state index in [9.17, 15) is 4.79 Å². The van der Waals surface area contributed by atoms with Gasteiger partial charge in [0.25, 0.3) is 0 Å². The van der Waals surface area contributed by atoms with Crippen LogP contribution in [-0.2, 0) is 4.74 Å². The summed E-state index contributed by atoms with van der Waals surface area (Å²) in [5.41, 5.74) is 1.21. The number of aliphatic hydroxyl groups is 1. The molecule has 0 fully saturated rings.